The van der Waals surface area contributed by atoms with E-state index in [9.17, 15) is 0 Å². The summed E-state index contributed by atoms with van der Waals surface area (Å²) in [5.41, 5.74) is 10.3. The van der Waals surface area contributed by atoms with Gasteiger partial charge >= 0.3 is 0 Å². The summed E-state index contributed by atoms with van der Waals surface area (Å²) in [5, 5.41) is 0. The van der Waals surface area contributed by atoms with Gasteiger partial charge in [-0.25, -0.2) is 4.98 Å². The lowest BCUT2D eigenvalue weighted by Gasteiger charge is -2.17. The van der Waals surface area contributed by atoms with E-state index in [2.05, 4.69) is 98.6 Å². The van der Waals surface area contributed by atoms with Crippen LogP contribution in [0.15, 0.2) is 72.8 Å². The van der Waals surface area contributed by atoms with Crippen molar-refractivity contribution in [2.45, 2.75) is 33.6 Å². The van der Waals surface area contributed by atoms with Crippen molar-refractivity contribution in [3.05, 3.63) is 111 Å². The SMILES string of the molecule is C/C(=C(/c1ccccc1)c1cc(C)ccc1C)c1cc(C2=CCCC=C2)[nH]c(=S)n1. The highest BCUT2D eigenvalue weighted by atomic mass is 32.1. The number of hydrogen-bond acceptors (Lipinski definition) is 2. The zero-order valence-corrected chi connectivity index (χ0v) is 18.5. The van der Waals surface area contributed by atoms with Crippen molar-refractivity contribution in [3.8, 4) is 0 Å². The third-order valence-corrected chi connectivity index (χ3v) is 5.73. The Bertz CT molecular complexity index is 1230. The van der Waals surface area contributed by atoms with Gasteiger partial charge in [0.05, 0.1) is 5.69 Å². The minimum Gasteiger partial charge on any atom is -0.330 e. The standard InChI is InChI=1S/C27H26N2S/c1-18-14-15-19(2)23(16-18)26(22-12-8-5-9-13-22)20(3)24-17-25(29-27(30)28-24)21-10-6-4-7-11-21/h5-6,8-17H,4,7H2,1-3H3,(H,28,29,30)/b26-20+. The van der Waals surface area contributed by atoms with Crippen molar-refractivity contribution < 1.29 is 0 Å². The number of nitrogens with one attached hydrogen (secondary N) is 1. The Hall–Kier alpha value is -3.04. The molecule has 30 heavy (non-hydrogen) atoms. The van der Waals surface area contributed by atoms with E-state index < -0.39 is 0 Å². The van der Waals surface area contributed by atoms with E-state index in [1.165, 1.54) is 33.4 Å². The monoisotopic (exact) mass is 410 g/mol. The summed E-state index contributed by atoms with van der Waals surface area (Å²) in [5.74, 6) is 0. The van der Waals surface area contributed by atoms with Gasteiger partial charge in [-0.2, -0.15) is 0 Å². The fourth-order valence-electron chi connectivity index (χ4n) is 3.93. The molecule has 0 fully saturated rings. The van der Waals surface area contributed by atoms with Gasteiger partial charge in [0.25, 0.3) is 0 Å². The number of allylic oxidation sites excluding steroid dienone is 5. The zero-order valence-electron chi connectivity index (χ0n) is 17.7. The predicted octanol–water partition coefficient (Wildman–Crippen LogP) is 7.47. The molecule has 0 atom stereocenters. The maximum absolute atomic E-state index is 5.50. The first kappa shape index (κ1) is 20.2. The van der Waals surface area contributed by atoms with Crippen LogP contribution in [0, 0.1) is 18.6 Å². The molecule has 0 amide bonds. The van der Waals surface area contributed by atoms with Gasteiger partial charge in [-0.3, -0.25) is 0 Å². The first-order chi connectivity index (χ1) is 14.5. The van der Waals surface area contributed by atoms with Crippen LogP contribution in [0.25, 0.3) is 16.7 Å². The zero-order chi connectivity index (χ0) is 21.1. The lowest BCUT2D eigenvalue weighted by molar-refractivity contribution is 1.03. The minimum absolute atomic E-state index is 0.509. The number of aromatic amines is 1. The molecule has 2 aromatic carbocycles. The van der Waals surface area contributed by atoms with Gasteiger partial charge in [0.15, 0.2) is 4.77 Å². The number of aromatic nitrogens is 2. The molecular formula is C27H26N2S. The van der Waals surface area contributed by atoms with Gasteiger partial charge in [-0.1, -0.05) is 72.3 Å². The number of aryl methyl sites for hydroxylation is 2. The third-order valence-electron chi connectivity index (χ3n) is 5.53. The largest absolute Gasteiger partial charge is 0.330 e. The maximum Gasteiger partial charge on any atom is 0.197 e. The van der Waals surface area contributed by atoms with Crippen LogP contribution in [-0.4, -0.2) is 9.97 Å². The van der Waals surface area contributed by atoms with E-state index >= 15 is 0 Å². The predicted molar refractivity (Wildman–Crippen MR) is 130 cm³/mol. The average molecular weight is 411 g/mol. The van der Waals surface area contributed by atoms with Crippen molar-refractivity contribution in [2.24, 2.45) is 0 Å². The summed E-state index contributed by atoms with van der Waals surface area (Å²) < 4.78 is 0.509. The summed E-state index contributed by atoms with van der Waals surface area (Å²) in [6.07, 6.45) is 8.77. The van der Waals surface area contributed by atoms with E-state index in [1.54, 1.807) is 0 Å². The summed E-state index contributed by atoms with van der Waals surface area (Å²) in [4.78, 5) is 7.98. The fourth-order valence-corrected chi connectivity index (χ4v) is 4.14. The molecule has 1 aliphatic rings. The van der Waals surface area contributed by atoms with Crippen LogP contribution >= 0.6 is 12.2 Å². The Kier molecular flexibility index (Phi) is 5.91. The van der Waals surface area contributed by atoms with Crippen molar-refractivity contribution in [1.29, 1.82) is 0 Å². The van der Waals surface area contributed by atoms with Gasteiger partial charge in [-0.15, -0.1) is 0 Å². The molecule has 0 spiro atoms. The molecule has 0 radical (unpaired) electrons. The molecule has 0 bridgehead atoms. The number of H-pyrrole nitrogens is 1. The molecule has 1 aliphatic carbocycles. The second-order valence-electron chi connectivity index (χ2n) is 7.81. The molecule has 2 nitrogen and oxygen atoms in total. The normalized spacial score (nSPS) is 14.3. The van der Waals surface area contributed by atoms with Crippen molar-refractivity contribution in [1.82, 2.24) is 9.97 Å². The van der Waals surface area contributed by atoms with E-state index in [4.69, 9.17) is 17.2 Å². The lowest BCUT2D eigenvalue weighted by atomic mass is 9.88. The smallest absolute Gasteiger partial charge is 0.197 e. The number of nitrogens with zero attached hydrogens (tertiary/aromatic N) is 1. The second-order valence-corrected chi connectivity index (χ2v) is 8.20. The summed E-state index contributed by atoms with van der Waals surface area (Å²) in [7, 11) is 0. The minimum atomic E-state index is 0.509. The number of benzene rings is 2. The van der Waals surface area contributed by atoms with Gasteiger partial charge < -0.3 is 4.98 Å². The van der Waals surface area contributed by atoms with Gasteiger partial charge in [-0.05, 0) is 85.3 Å². The summed E-state index contributed by atoms with van der Waals surface area (Å²) >= 11 is 5.50. The molecule has 1 heterocycles. The molecule has 0 aliphatic heterocycles. The highest BCUT2D eigenvalue weighted by Gasteiger charge is 2.15. The molecule has 3 heteroatoms. The highest BCUT2D eigenvalue weighted by Crippen LogP contribution is 2.34. The number of rotatable bonds is 4. The first-order valence-electron chi connectivity index (χ1n) is 10.4. The molecule has 150 valence electrons. The Morgan fingerprint density at radius 2 is 1.80 bits per heavy atom. The van der Waals surface area contributed by atoms with Crippen LogP contribution in [0.2, 0.25) is 0 Å². The second kappa shape index (κ2) is 8.76. The van der Waals surface area contributed by atoms with E-state index in [-0.39, 0.29) is 0 Å². The van der Waals surface area contributed by atoms with Crippen LogP contribution < -0.4 is 0 Å². The molecule has 0 saturated heterocycles. The number of hydrogen-bond donors (Lipinski definition) is 1. The maximum atomic E-state index is 5.50. The van der Waals surface area contributed by atoms with Crippen LogP contribution in [0.5, 0.6) is 0 Å². The van der Waals surface area contributed by atoms with Crippen LogP contribution in [0.4, 0.5) is 0 Å². The Balaban J connectivity index is 1.96. The Labute approximate surface area is 183 Å². The van der Waals surface area contributed by atoms with Crippen LogP contribution in [0.3, 0.4) is 0 Å². The van der Waals surface area contributed by atoms with Gasteiger partial charge in [0.1, 0.15) is 0 Å². The molecule has 3 aromatic rings. The van der Waals surface area contributed by atoms with E-state index in [0.29, 0.717) is 4.77 Å². The topological polar surface area (TPSA) is 28.7 Å². The average Bonchev–Trinajstić information content (AvgIpc) is 2.77. The fraction of sp³-hybridized carbons (Fsp3) is 0.185. The van der Waals surface area contributed by atoms with Crippen molar-refractivity contribution >= 4 is 28.9 Å². The van der Waals surface area contributed by atoms with Crippen molar-refractivity contribution in [3.63, 3.8) is 0 Å². The van der Waals surface area contributed by atoms with Crippen LogP contribution in [0.1, 0.15) is 53.4 Å². The van der Waals surface area contributed by atoms with E-state index in [1.807, 2.05) is 0 Å². The third kappa shape index (κ3) is 4.27. The van der Waals surface area contributed by atoms with Gasteiger partial charge in [0.2, 0.25) is 0 Å². The molecule has 1 aromatic heterocycles. The molecule has 0 saturated carbocycles. The first-order valence-corrected chi connectivity index (χ1v) is 10.8. The highest BCUT2D eigenvalue weighted by molar-refractivity contribution is 7.71. The summed E-state index contributed by atoms with van der Waals surface area (Å²) in [6, 6.07) is 19.3. The Morgan fingerprint density at radius 3 is 2.53 bits per heavy atom. The summed E-state index contributed by atoms with van der Waals surface area (Å²) in [6.45, 7) is 6.45. The Morgan fingerprint density at radius 1 is 1.00 bits per heavy atom. The molecule has 1 N–H and O–H groups in total. The lowest BCUT2D eigenvalue weighted by Crippen LogP contribution is -2.01. The van der Waals surface area contributed by atoms with Gasteiger partial charge in [0, 0.05) is 5.69 Å². The van der Waals surface area contributed by atoms with Crippen molar-refractivity contribution in [2.75, 3.05) is 0 Å². The van der Waals surface area contributed by atoms with E-state index in [0.717, 1.165) is 29.8 Å². The molecule has 4 rings (SSSR count). The quantitative estimate of drug-likeness (QED) is 0.452. The molecule has 0 unspecified atom stereocenters. The molecular weight excluding hydrogens is 384 g/mol. The van der Waals surface area contributed by atoms with Crippen LogP contribution in [-0.2, 0) is 0 Å².